The summed E-state index contributed by atoms with van der Waals surface area (Å²) in [5.74, 6) is -11.8. The molecule has 25 nitrogen and oxygen atoms in total. The van der Waals surface area contributed by atoms with Crippen LogP contribution in [0, 0.1) is 40.9 Å². The van der Waals surface area contributed by atoms with Crippen LogP contribution in [0.2, 0.25) is 0 Å². The Bertz CT molecular complexity index is 3110. The summed E-state index contributed by atoms with van der Waals surface area (Å²) in [6.07, 6.45) is 0.446. The van der Waals surface area contributed by atoms with Gasteiger partial charge in [-0.3, -0.25) is 57.5 Å². The highest BCUT2D eigenvalue weighted by atomic mass is 19.3. The van der Waals surface area contributed by atoms with E-state index in [1.54, 1.807) is 19.9 Å². The van der Waals surface area contributed by atoms with Crippen molar-refractivity contribution >= 4 is 70.9 Å². The molecule has 0 radical (unpaired) electrons. The van der Waals surface area contributed by atoms with Crippen LogP contribution in [-0.2, 0) is 62.3 Å². The van der Waals surface area contributed by atoms with Gasteiger partial charge in [0.25, 0.3) is 0 Å². The van der Waals surface area contributed by atoms with Gasteiger partial charge in [-0.05, 0) is 119 Å². The number of amides is 12. The Hall–Kier alpha value is -6.94. The van der Waals surface area contributed by atoms with E-state index in [0.29, 0.717) is 50.9 Å². The predicted octanol–water partition coefficient (Wildman–Crippen LogP) is 5.90. The number of ether oxygens (including phenoxy) is 1. The third-order valence-corrected chi connectivity index (χ3v) is 23.9. The van der Waals surface area contributed by atoms with E-state index in [1.165, 1.54) is 95.6 Å². The molecule has 7 aliphatic rings. The van der Waals surface area contributed by atoms with Gasteiger partial charge in [0.05, 0.1) is 31.5 Å². The van der Waals surface area contributed by atoms with Crippen molar-refractivity contribution in [2.45, 2.75) is 268 Å². The molecule has 3 N–H and O–H groups in total. The number of fused-ring (bicyclic) bond motifs is 3. The molecule has 2 bridgehead atoms. The van der Waals surface area contributed by atoms with Crippen LogP contribution in [0.3, 0.4) is 0 Å². The smallest absolute Gasteiger partial charge is 0.248 e. The van der Waals surface area contributed by atoms with Crippen molar-refractivity contribution in [3.8, 4) is 0 Å². The zero-order valence-electron chi connectivity index (χ0n) is 65.0. The second kappa shape index (κ2) is 37.2. The maximum Gasteiger partial charge on any atom is 0.248 e. The molecular formula is C76H122F4N12O13. The summed E-state index contributed by atoms with van der Waals surface area (Å²) >= 11 is 0. The molecule has 6 fully saturated rings. The molecule has 29 heteroatoms. The lowest BCUT2D eigenvalue weighted by Gasteiger charge is -2.54. The van der Waals surface area contributed by atoms with Crippen molar-refractivity contribution < 1.29 is 79.8 Å². The van der Waals surface area contributed by atoms with Crippen molar-refractivity contribution in [3.05, 3.63) is 12.2 Å². The molecule has 0 aromatic carbocycles. The van der Waals surface area contributed by atoms with E-state index in [2.05, 4.69) is 22.9 Å². The summed E-state index contributed by atoms with van der Waals surface area (Å²) in [6.45, 7) is 11.9. The summed E-state index contributed by atoms with van der Waals surface area (Å²) < 4.78 is 65.0. The van der Waals surface area contributed by atoms with Gasteiger partial charge >= 0.3 is 0 Å². The summed E-state index contributed by atoms with van der Waals surface area (Å²) in [6, 6.07) is -10.4. The first-order valence-electron chi connectivity index (χ1n) is 38.5. The Balaban J connectivity index is 1.33. The average Bonchev–Trinajstić information content (AvgIpc) is 1.10. The fraction of sp³-hybridized carbons (Fsp3) is 0.816. The Morgan fingerprint density at radius 3 is 1.88 bits per heavy atom. The van der Waals surface area contributed by atoms with E-state index in [9.17, 15) is 37.5 Å². The van der Waals surface area contributed by atoms with Crippen molar-refractivity contribution in [2.24, 2.45) is 40.9 Å². The Morgan fingerprint density at radius 2 is 1.30 bits per heavy atom. The zero-order valence-corrected chi connectivity index (χ0v) is 65.0. The standard InChI is InChI=1S/C76H122F4N12O13/c1-16-24-54-66(96)82-63(46(5)17-2)72(102)86(11)42-61(95)88(13)55-27-20-19-23-34-91(71(55)101)58(37-47-30-28-45(4)29-31-47)70(100)85(10)41-59(93)81-53(33-32-48-35-51(77)62(65(79)80)52(78)36-48)68(98)92-40-50(105-18-3)38-56(92)67(97)83-76(43-75(6,7)44-76)74(104)90(15)64(49-25-21-22-26-49)73(103)89(14)57(69(99)84(8)9)39-60(94)87(54)12/h19-20,45-58,62-65H,16-18,21-44H2,1-15H3,(H,81,93)(H,82,96)(H,83,97)/b20-19-/t45?,46-,47?,48?,50+,51?,52?,53-,54-,55-,56-,57-,58-,62?,63-,64-/m0/s1. The highest BCUT2D eigenvalue weighted by Gasteiger charge is 2.59. The number of rotatable bonds is 14. The summed E-state index contributed by atoms with van der Waals surface area (Å²) in [4.78, 5) is 193. The topological polar surface area (TPSA) is 279 Å². The lowest BCUT2D eigenvalue weighted by atomic mass is 9.58. The van der Waals surface area contributed by atoms with Gasteiger partial charge in [-0.25, -0.2) is 17.6 Å². The first-order valence-corrected chi connectivity index (χ1v) is 38.5. The number of likely N-dealkylation sites (N-methyl/N-ethyl adjacent to an activating group) is 7. The molecule has 4 aliphatic carbocycles. The quantitative estimate of drug-likeness (QED) is 0.135. The lowest BCUT2D eigenvalue weighted by Crippen LogP contribution is -2.71. The maximum absolute atomic E-state index is 15.8. The van der Waals surface area contributed by atoms with Crippen LogP contribution in [0.15, 0.2) is 12.2 Å². The van der Waals surface area contributed by atoms with Crippen LogP contribution in [0.4, 0.5) is 17.6 Å². The monoisotopic (exact) mass is 1490 g/mol. The molecular weight excluding hydrogens is 1360 g/mol. The fourth-order valence-electron chi connectivity index (χ4n) is 17.6. The van der Waals surface area contributed by atoms with Crippen molar-refractivity contribution in [1.29, 1.82) is 0 Å². The first kappa shape index (κ1) is 85.3. The number of carbonyl (C=O) groups excluding carboxylic acids is 12. The van der Waals surface area contributed by atoms with Gasteiger partial charge in [-0.2, -0.15) is 0 Å². The minimum Gasteiger partial charge on any atom is -0.377 e. The molecule has 2 saturated heterocycles. The second-order valence-corrected chi connectivity index (χ2v) is 32.7. The molecule has 2 unspecified atom stereocenters. The van der Waals surface area contributed by atoms with Crippen LogP contribution in [0.25, 0.3) is 0 Å². The van der Waals surface area contributed by atoms with Crippen LogP contribution in [0.5, 0.6) is 0 Å². The van der Waals surface area contributed by atoms with E-state index in [4.69, 9.17) is 4.74 Å². The number of hydrogen-bond donors (Lipinski definition) is 3. The summed E-state index contributed by atoms with van der Waals surface area (Å²) in [5, 5.41) is 8.72. The molecule has 592 valence electrons. The molecule has 105 heavy (non-hydrogen) atoms. The van der Waals surface area contributed by atoms with Crippen LogP contribution >= 0.6 is 0 Å². The molecule has 12 amide bonds. The SMILES string of the molecule is CCC[C@H]1C(=O)N[C@@H]([C@@H](C)CC)C(=O)N(C)CC(=O)N(C)[C@H]2C/C=C\CCN(C2=O)[C@@H](CC2CCC(C)CC2)C(=O)N(C)CC(=O)N[C@@H](CCC2CC(F)C(C(F)F)C(F)C2)C(=O)N2C[C@H](OCC)C[C@H]2C(=O)NC2(CC(C)(C)C2)C(=O)N(C)[C@@H](C2CCCC2)C(=O)N(C)[C@H](C(=O)N(C)C)CC(=O)N1C. The van der Waals surface area contributed by atoms with Gasteiger partial charge in [0, 0.05) is 82.5 Å². The van der Waals surface area contributed by atoms with Gasteiger partial charge in [-0.15, -0.1) is 0 Å². The van der Waals surface area contributed by atoms with E-state index in [1.807, 2.05) is 33.8 Å². The van der Waals surface area contributed by atoms with Crippen molar-refractivity contribution in [1.82, 2.24) is 60.0 Å². The molecule has 0 aromatic heterocycles. The van der Waals surface area contributed by atoms with Crippen LogP contribution in [-0.4, -0.2) is 283 Å². The van der Waals surface area contributed by atoms with E-state index in [0.717, 1.165) is 30.6 Å². The number of halogens is 4. The third kappa shape index (κ3) is 20.7. The van der Waals surface area contributed by atoms with Crippen molar-refractivity contribution in [3.63, 3.8) is 0 Å². The maximum atomic E-state index is 15.8. The number of carbonyl (C=O) groups is 12. The van der Waals surface area contributed by atoms with E-state index in [-0.39, 0.29) is 77.0 Å². The molecule has 3 aliphatic heterocycles. The summed E-state index contributed by atoms with van der Waals surface area (Å²) in [5.41, 5.74) is -2.23. The molecule has 12 atom stereocenters. The molecule has 4 saturated carbocycles. The average molecular weight is 1490 g/mol. The number of nitrogens with zero attached hydrogens (tertiary/aromatic N) is 9. The van der Waals surface area contributed by atoms with Gasteiger partial charge in [0.15, 0.2) is 0 Å². The minimum absolute atomic E-state index is 0.0286. The number of hydrogen-bond acceptors (Lipinski definition) is 13. The minimum atomic E-state index is -3.27. The van der Waals surface area contributed by atoms with Gasteiger partial charge < -0.3 is 64.8 Å². The number of nitrogens with one attached hydrogen (secondary N) is 3. The predicted molar refractivity (Wildman–Crippen MR) is 385 cm³/mol. The van der Waals surface area contributed by atoms with Gasteiger partial charge in [-0.1, -0.05) is 105 Å². The molecule has 0 aromatic rings. The third-order valence-electron chi connectivity index (χ3n) is 23.9. The highest BCUT2D eigenvalue weighted by molar-refractivity contribution is 6.01. The van der Waals surface area contributed by atoms with E-state index < -0.39 is 211 Å². The second-order valence-electron chi connectivity index (χ2n) is 32.7. The zero-order chi connectivity index (χ0) is 77.9. The van der Waals surface area contributed by atoms with Gasteiger partial charge in [0.2, 0.25) is 77.3 Å². The lowest BCUT2D eigenvalue weighted by molar-refractivity contribution is -0.161. The van der Waals surface area contributed by atoms with Crippen LogP contribution in [0.1, 0.15) is 190 Å². The Morgan fingerprint density at radius 1 is 0.667 bits per heavy atom. The van der Waals surface area contributed by atoms with Crippen molar-refractivity contribution in [2.75, 3.05) is 89.2 Å². The summed E-state index contributed by atoms with van der Waals surface area (Å²) in [7, 11) is 11.4. The molecule has 3 heterocycles. The molecule has 1 spiro atoms. The fourth-order valence-corrected chi connectivity index (χ4v) is 17.6. The molecule has 7 rings (SSSR count). The van der Waals surface area contributed by atoms with Crippen LogP contribution < -0.4 is 16.0 Å². The Labute approximate surface area is 619 Å². The number of alkyl halides is 4. The normalized spacial score (nSPS) is 32.7. The largest absolute Gasteiger partial charge is 0.377 e. The Kier molecular flexibility index (Phi) is 30.3. The highest BCUT2D eigenvalue weighted by Crippen LogP contribution is 2.50. The first-order chi connectivity index (χ1) is 49.4. The van der Waals surface area contributed by atoms with E-state index >= 15 is 37.5 Å². The van der Waals surface area contributed by atoms with Gasteiger partial charge in [0.1, 0.15) is 66.2 Å².